The van der Waals surface area contributed by atoms with Gasteiger partial charge in [-0.3, -0.25) is 10.1 Å². The summed E-state index contributed by atoms with van der Waals surface area (Å²) in [5, 5.41) is 9.43. The molecule has 0 fully saturated rings. The molecule has 2 aromatic rings. The Morgan fingerprint density at radius 2 is 2.05 bits per heavy atom. The molecule has 0 radical (unpaired) electrons. The number of hydrogen-bond acceptors (Lipinski definition) is 5. The van der Waals surface area contributed by atoms with Crippen molar-refractivity contribution in [2.45, 2.75) is 18.1 Å². The maximum Gasteiger partial charge on any atom is 0.260 e. The van der Waals surface area contributed by atoms with E-state index in [1.54, 1.807) is 38.6 Å². The molecule has 0 atom stereocenters. The minimum absolute atomic E-state index is 0.128. The van der Waals surface area contributed by atoms with Crippen molar-refractivity contribution < 1.29 is 8.42 Å². The van der Waals surface area contributed by atoms with Gasteiger partial charge in [0.1, 0.15) is 0 Å². The molecular formula is C12H17N5O2S. The third-order valence-corrected chi connectivity index (χ3v) is 4.69. The summed E-state index contributed by atoms with van der Waals surface area (Å²) in [6.45, 7) is 0.719. The number of nitrogens with one attached hydrogen (secondary N) is 2. The fourth-order valence-electron chi connectivity index (χ4n) is 1.83. The topological polar surface area (TPSA) is 91.0 Å². The van der Waals surface area contributed by atoms with Gasteiger partial charge in [0.25, 0.3) is 10.0 Å². The molecule has 2 N–H and O–H groups in total. The molecule has 2 aromatic heterocycles. The van der Waals surface area contributed by atoms with Crippen molar-refractivity contribution >= 4 is 10.0 Å². The summed E-state index contributed by atoms with van der Waals surface area (Å²) in [4.78, 5) is 3.91. The average Bonchev–Trinajstić information content (AvgIpc) is 2.89. The largest absolute Gasteiger partial charge is 0.316 e. The number of rotatable bonds is 6. The van der Waals surface area contributed by atoms with Crippen molar-refractivity contribution in [2.75, 3.05) is 14.1 Å². The zero-order valence-corrected chi connectivity index (χ0v) is 12.2. The Kier molecular flexibility index (Phi) is 4.48. The van der Waals surface area contributed by atoms with Gasteiger partial charge in [0.15, 0.2) is 5.03 Å². The third-order valence-electron chi connectivity index (χ3n) is 2.87. The summed E-state index contributed by atoms with van der Waals surface area (Å²) < 4.78 is 26.3. The predicted octanol–water partition coefficient (Wildman–Crippen LogP) is 0.345. The van der Waals surface area contributed by atoms with Crippen molar-refractivity contribution in [2.24, 2.45) is 0 Å². The van der Waals surface area contributed by atoms with Crippen molar-refractivity contribution in [3.63, 3.8) is 0 Å². The average molecular weight is 295 g/mol. The van der Waals surface area contributed by atoms with Gasteiger partial charge in [0, 0.05) is 38.1 Å². The van der Waals surface area contributed by atoms with Crippen LogP contribution in [0.25, 0.3) is 0 Å². The van der Waals surface area contributed by atoms with Gasteiger partial charge >= 0.3 is 0 Å². The minimum Gasteiger partial charge on any atom is -0.316 e. The number of sulfonamides is 1. The normalized spacial score (nSPS) is 11.9. The lowest BCUT2D eigenvalue weighted by molar-refractivity contribution is 0.462. The van der Waals surface area contributed by atoms with Gasteiger partial charge in [-0.05, 0) is 24.7 Å². The fraction of sp³-hybridized carbons (Fsp3) is 0.333. The lowest BCUT2D eigenvalue weighted by Crippen LogP contribution is -2.28. The van der Waals surface area contributed by atoms with Crippen LogP contribution in [0.3, 0.4) is 0 Å². The Balaban J connectivity index is 2.23. The van der Waals surface area contributed by atoms with Gasteiger partial charge in [-0.15, -0.1) is 0 Å². The van der Waals surface area contributed by atoms with E-state index in [1.165, 1.54) is 10.5 Å². The summed E-state index contributed by atoms with van der Waals surface area (Å²) in [7, 11) is -0.296. The van der Waals surface area contributed by atoms with E-state index >= 15 is 0 Å². The van der Waals surface area contributed by atoms with Crippen LogP contribution in [0.2, 0.25) is 0 Å². The molecule has 0 saturated carbocycles. The zero-order chi connectivity index (χ0) is 14.6. The van der Waals surface area contributed by atoms with Crippen molar-refractivity contribution in [1.82, 2.24) is 24.8 Å². The van der Waals surface area contributed by atoms with Gasteiger partial charge in [-0.1, -0.05) is 0 Å². The molecule has 0 bridgehead atoms. The summed E-state index contributed by atoms with van der Waals surface area (Å²) >= 11 is 0. The molecular weight excluding hydrogens is 278 g/mol. The van der Waals surface area contributed by atoms with Crippen LogP contribution >= 0.6 is 0 Å². The Labute approximate surface area is 118 Å². The van der Waals surface area contributed by atoms with E-state index in [1.807, 2.05) is 0 Å². The molecule has 2 rings (SSSR count). The lowest BCUT2D eigenvalue weighted by atomic mass is 10.3. The molecule has 2 heterocycles. The quantitative estimate of drug-likeness (QED) is 0.802. The van der Waals surface area contributed by atoms with E-state index in [-0.39, 0.29) is 11.6 Å². The summed E-state index contributed by atoms with van der Waals surface area (Å²) in [5.41, 5.74) is 1.50. The first kappa shape index (κ1) is 14.6. The lowest BCUT2D eigenvalue weighted by Gasteiger charge is -2.17. The second kappa shape index (κ2) is 6.12. The highest BCUT2D eigenvalue weighted by atomic mass is 32.2. The number of aromatic nitrogens is 3. The second-order valence-electron chi connectivity index (χ2n) is 4.37. The van der Waals surface area contributed by atoms with E-state index in [2.05, 4.69) is 20.5 Å². The molecule has 8 heteroatoms. The highest BCUT2D eigenvalue weighted by Gasteiger charge is 2.25. The van der Waals surface area contributed by atoms with E-state index in [4.69, 9.17) is 0 Å². The number of aromatic amines is 1. The maximum absolute atomic E-state index is 12.5. The van der Waals surface area contributed by atoms with E-state index < -0.39 is 10.0 Å². The fourth-order valence-corrected chi connectivity index (χ4v) is 3.08. The van der Waals surface area contributed by atoms with E-state index in [0.29, 0.717) is 12.1 Å². The minimum atomic E-state index is -3.59. The molecule has 7 nitrogen and oxygen atoms in total. The second-order valence-corrected chi connectivity index (χ2v) is 6.35. The van der Waals surface area contributed by atoms with Gasteiger partial charge in [0.05, 0.1) is 6.20 Å². The van der Waals surface area contributed by atoms with Crippen LogP contribution in [0.1, 0.15) is 11.1 Å². The zero-order valence-electron chi connectivity index (χ0n) is 11.4. The molecule has 0 aliphatic rings. The Hall–Kier alpha value is -1.77. The highest BCUT2D eigenvalue weighted by Crippen LogP contribution is 2.18. The van der Waals surface area contributed by atoms with Crippen LogP contribution in [-0.4, -0.2) is 42.0 Å². The predicted molar refractivity (Wildman–Crippen MR) is 74.2 cm³/mol. The molecule has 0 unspecified atom stereocenters. The molecule has 0 aliphatic carbocycles. The molecule has 0 spiro atoms. The summed E-state index contributed by atoms with van der Waals surface area (Å²) in [6.07, 6.45) is 4.79. The highest BCUT2D eigenvalue weighted by molar-refractivity contribution is 7.89. The first-order valence-corrected chi connectivity index (χ1v) is 7.52. The monoisotopic (exact) mass is 295 g/mol. The summed E-state index contributed by atoms with van der Waals surface area (Å²) in [6, 6.07) is 3.57. The Morgan fingerprint density at radius 1 is 1.35 bits per heavy atom. The Morgan fingerprint density at radius 3 is 2.70 bits per heavy atom. The van der Waals surface area contributed by atoms with E-state index in [9.17, 15) is 8.42 Å². The Bertz CT molecular complexity index is 653. The van der Waals surface area contributed by atoms with Gasteiger partial charge < -0.3 is 5.32 Å². The van der Waals surface area contributed by atoms with Crippen molar-refractivity contribution in [3.8, 4) is 0 Å². The van der Waals surface area contributed by atoms with E-state index in [0.717, 1.165) is 5.56 Å². The standard InChI is InChI=1S/C12H17N5O2S/c1-13-7-11-8-15-16-12(11)20(18,19)17(2)9-10-3-5-14-6-4-10/h3-6,8,13H,7,9H2,1-2H3,(H,15,16). The van der Waals surface area contributed by atoms with Gasteiger partial charge in [0.2, 0.25) is 0 Å². The molecule has 108 valence electrons. The molecule has 0 saturated heterocycles. The van der Waals surface area contributed by atoms with Crippen molar-refractivity contribution in [1.29, 1.82) is 0 Å². The SMILES string of the molecule is CNCc1cn[nH]c1S(=O)(=O)N(C)Cc1ccncc1. The smallest absolute Gasteiger partial charge is 0.260 e. The molecule has 20 heavy (non-hydrogen) atoms. The van der Waals surface area contributed by atoms with Crippen LogP contribution in [0, 0.1) is 0 Å². The van der Waals surface area contributed by atoms with Crippen LogP contribution in [0.5, 0.6) is 0 Å². The number of hydrogen-bond donors (Lipinski definition) is 2. The van der Waals surface area contributed by atoms with Gasteiger partial charge in [-0.25, -0.2) is 8.42 Å². The van der Waals surface area contributed by atoms with Gasteiger partial charge in [-0.2, -0.15) is 9.40 Å². The molecule has 0 amide bonds. The molecule has 0 aliphatic heterocycles. The van der Waals surface area contributed by atoms with Crippen LogP contribution in [0.15, 0.2) is 35.7 Å². The van der Waals surface area contributed by atoms with Crippen LogP contribution < -0.4 is 5.32 Å². The van der Waals surface area contributed by atoms with Crippen LogP contribution in [-0.2, 0) is 23.1 Å². The van der Waals surface area contributed by atoms with Crippen LogP contribution in [0.4, 0.5) is 0 Å². The number of H-pyrrole nitrogens is 1. The van der Waals surface area contributed by atoms with Crippen molar-refractivity contribution in [3.05, 3.63) is 41.9 Å². The number of nitrogens with zero attached hydrogens (tertiary/aromatic N) is 3. The number of pyridine rings is 1. The third kappa shape index (κ3) is 3.03. The molecule has 0 aromatic carbocycles. The summed E-state index contributed by atoms with van der Waals surface area (Å²) in [5.74, 6) is 0. The maximum atomic E-state index is 12.5. The first-order chi connectivity index (χ1) is 9.55. The first-order valence-electron chi connectivity index (χ1n) is 6.08.